The van der Waals surface area contributed by atoms with Gasteiger partial charge < -0.3 is 34.5 Å². The van der Waals surface area contributed by atoms with Crippen LogP contribution in [0, 0.1) is 0 Å². The summed E-state index contributed by atoms with van der Waals surface area (Å²) >= 11 is 0. The topological polar surface area (TPSA) is 106 Å². The number of hydrogen-bond donors (Lipinski definition) is 3. The molecule has 6 atom stereocenters. The maximum Gasteiger partial charge on any atom is 0.323 e. The number of aliphatic hydroxyl groups excluding tert-OH is 1. The fourth-order valence-electron chi connectivity index (χ4n) is 2.69. The molecule has 116 valence electrons. The standard InChI is InChI=1S/C12H21NO7/c1-12(2)19-8-7(6(14)5(13-3)10(15)16)18-11(17-4)9(8)20-12/h5-9,11,13-14H,1-4H3,(H,15,16)/t5-,6-,7+,8+,9+,11+/m0/s1. The van der Waals surface area contributed by atoms with Crippen molar-refractivity contribution in [3.63, 3.8) is 0 Å². The molecule has 8 nitrogen and oxygen atoms in total. The molecule has 8 heteroatoms. The first-order valence-corrected chi connectivity index (χ1v) is 6.42. The van der Waals surface area contributed by atoms with Crippen LogP contribution in [0.25, 0.3) is 0 Å². The second kappa shape index (κ2) is 5.55. The first kappa shape index (κ1) is 15.6. The van der Waals surface area contributed by atoms with Crippen molar-refractivity contribution in [3.05, 3.63) is 0 Å². The van der Waals surface area contributed by atoms with E-state index in [1.54, 1.807) is 13.8 Å². The Bertz CT molecular complexity index is 375. The molecule has 0 spiro atoms. The third-order valence-electron chi connectivity index (χ3n) is 3.53. The molecule has 2 rings (SSSR count). The number of aliphatic carboxylic acids is 1. The lowest BCUT2D eigenvalue weighted by atomic mass is 10.00. The zero-order valence-electron chi connectivity index (χ0n) is 11.9. The molecule has 0 amide bonds. The van der Waals surface area contributed by atoms with Gasteiger partial charge in [-0.25, -0.2) is 0 Å². The van der Waals surface area contributed by atoms with Gasteiger partial charge in [-0.15, -0.1) is 0 Å². The number of methoxy groups -OCH3 is 1. The lowest BCUT2D eigenvalue weighted by Crippen LogP contribution is -2.53. The Labute approximate surface area is 116 Å². The highest BCUT2D eigenvalue weighted by atomic mass is 16.8. The number of fused-ring (bicyclic) bond motifs is 1. The monoisotopic (exact) mass is 291 g/mol. The number of nitrogens with one attached hydrogen (secondary N) is 1. The van der Waals surface area contributed by atoms with Gasteiger partial charge in [-0.2, -0.15) is 0 Å². The molecule has 0 aliphatic carbocycles. The minimum absolute atomic E-state index is 0.499. The highest BCUT2D eigenvalue weighted by Gasteiger charge is 2.58. The van der Waals surface area contributed by atoms with Gasteiger partial charge in [0.25, 0.3) is 0 Å². The number of ether oxygens (including phenoxy) is 4. The Morgan fingerprint density at radius 3 is 2.45 bits per heavy atom. The Morgan fingerprint density at radius 2 is 1.95 bits per heavy atom. The maximum absolute atomic E-state index is 11.1. The zero-order valence-corrected chi connectivity index (χ0v) is 11.9. The lowest BCUT2D eigenvalue weighted by Gasteiger charge is -2.28. The molecule has 2 aliphatic heterocycles. The summed E-state index contributed by atoms with van der Waals surface area (Å²) < 4.78 is 22.1. The molecular weight excluding hydrogens is 270 g/mol. The van der Waals surface area contributed by atoms with Crippen LogP contribution < -0.4 is 5.32 Å². The van der Waals surface area contributed by atoms with E-state index < -0.39 is 48.5 Å². The first-order chi connectivity index (χ1) is 9.30. The normalized spacial score (nSPS) is 38.5. The summed E-state index contributed by atoms with van der Waals surface area (Å²) in [6.45, 7) is 3.49. The highest BCUT2D eigenvalue weighted by molar-refractivity contribution is 5.74. The van der Waals surface area contributed by atoms with Crippen molar-refractivity contribution in [3.8, 4) is 0 Å². The van der Waals surface area contributed by atoms with Crippen LogP contribution in [0.2, 0.25) is 0 Å². The minimum atomic E-state index is -1.29. The molecule has 0 aromatic heterocycles. The number of carboxylic acid groups (broad SMARTS) is 1. The largest absolute Gasteiger partial charge is 0.480 e. The first-order valence-electron chi connectivity index (χ1n) is 6.42. The molecule has 3 N–H and O–H groups in total. The van der Waals surface area contributed by atoms with E-state index in [-0.39, 0.29) is 0 Å². The molecule has 0 unspecified atom stereocenters. The van der Waals surface area contributed by atoms with Crippen LogP contribution >= 0.6 is 0 Å². The number of carbonyl (C=O) groups is 1. The molecule has 0 aromatic carbocycles. The fourth-order valence-corrected chi connectivity index (χ4v) is 2.69. The van der Waals surface area contributed by atoms with Crippen molar-refractivity contribution in [1.82, 2.24) is 5.32 Å². The van der Waals surface area contributed by atoms with E-state index in [9.17, 15) is 9.90 Å². The molecular formula is C12H21NO7. The van der Waals surface area contributed by atoms with Crippen LogP contribution in [0.4, 0.5) is 0 Å². The average Bonchev–Trinajstić information content (AvgIpc) is 2.82. The molecule has 0 saturated carbocycles. The average molecular weight is 291 g/mol. The van der Waals surface area contributed by atoms with E-state index >= 15 is 0 Å². The summed E-state index contributed by atoms with van der Waals surface area (Å²) in [4.78, 5) is 11.1. The van der Waals surface area contributed by atoms with Crippen LogP contribution in [0.5, 0.6) is 0 Å². The molecule has 0 aromatic rings. The van der Waals surface area contributed by atoms with Crippen molar-refractivity contribution in [1.29, 1.82) is 0 Å². The van der Waals surface area contributed by atoms with Crippen molar-refractivity contribution in [2.24, 2.45) is 0 Å². The summed E-state index contributed by atoms with van der Waals surface area (Å²) in [5.74, 6) is -1.99. The fraction of sp³-hybridized carbons (Fsp3) is 0.917. The van der Waals surface area contributed by atoms with Crippen molar-refractivity contribution in [2.45, 2.75) is 56.4 Å². The van der Waals surface area contributed by atoms with Gasteiger partial charge in [-0.1, -0.05) is 0 Å². The van der Waals surface area contributed by atoms with Gasteiger partial charge in [0.15, 0.2) is 12.1 Å². The van der Waals surface area contributed by atoms with E-state index in [1.165, 1.54) is 14.2 Å². The molecule has 2 saturated heterocycles. The van der Waals surface area contributed by atoms with Crippen LogP contribution in [0.1, 0.15) is 13.8 Å². The molecule has 2 fully saturated rings. The Balaban J connectivity index is 2.18. The molecule has 20 heavy (non-hydrogen) atoms. The molecule has 2 aliphatic rings. The third kappa shape index (κ3) is 2.67. The van der Waals surface area contributed by atoms with E-state index in [4.69, 9.17) is 24.1 Å². The predicted molar refractivity (Wildman–Crippen MR) is 66.0 cm³/mol. The predicted octanol–water partition coefficient (Wildman–Crippen LogP) is -1.09. The summed E-state index contributed by atoms with van der Waals surface area (Å²) in [6, 6.07) is -1.16. The van der Waals surface area contributed by atoms with E-state index in [2.05, 4.69) is 5.32 Å². The van der Waals surface area contributed by atoms with Crippen LogP contribution in [-0.4, -0.2) is 72.9 Å². The van der Waals surface area contributed by atoms with Crippen molar-refractivity contribution in [2.75, 3.05) is 14.2 Å². The number of likely N-dealkylation sites (N-methyl/N-ethyl adjacent to an activating group) is 1. The second-order valence-corrected chi connectivity index (χ2v) is 5.36. The Hall–Kier alpha value is -0.770. The Morgan fingerprint density at radius 1 is 1.35 bits per heavy atom. The van der Waals surface area contributed by atoms with Crippen LogP contribution in [0.15, 0.2) is 0 Å². The van der Waals surface area contributed by atoms with E-state index in [1.807, 2.05) is 0 Å². The minimum Gasteiger partial charge on any atom is -0.480 e. The summed E-state index contributed by atoms with van der Waals surface area (Å²) in [5, 5.41) is 21.9. The van der Waals surface area contributed by atoms with Crippen molar-refractivity contribution >= 4 is 5.97 Å². The van der Waals surface area contributed by atoms with Gasteiger partial charge >= 0.3 is 5.97 Å². The SMILES string of the molecule is CN[C@H](C(=O)O)[C@H](O)[C@H]1O[C@@H](OC)[C@@H]2OC(C)(C)O[C@H]12. The summed E-state index contributed by atoms with van der Waals surface area (Å²) in [7, 11) is 2.91. The second-order valence-electron chi connectivity index (χ2n) is 5.36. The summed E-state index contributed by atoms with van der Waals surface area (Å²) in [6.07, 6.45) is -3.92. The van der Waals surface area contributed by atoms with Gasteiger partial charge in [-0.05, 0) is 20.9 Å². The third-order valence-corrected chi connectivity index (χ3v) is 3.53. The highest BCUT2D eigenvalue weighted by Crippen LogP contribution is 2.40. The quantitative estimate of drug-likeness (QED) is 0.587. The van der Waals surface area contributed by atoms with Gasteiger partial charge in [0.1, 0.15) is 30.5 Å². The van der Waals surface area contributed by atoms with Gasteiger partial charge in [-0.3, -0.25) is 4.79 Å². The van der Waals surface area contributed by atoms with Crippen LogP contribution in [0.3, 0.4) is 0 Å². The van der Waals surface area contributed by atoms with Gasteiger partial charge in [0, 0.05) is 7.11 Å². The van der Waals surface area contributed by atoms with Gasteiger partial charge in [0.2, 0.25) is 0 Å². The number of rotatable bonds is 5. The lowest BCUT2D eigenvalue weighted by molar-refractivity contribution is -0.238. The van der Waals surface area contributed by atoms with Crippen molar-refractivity contribution < 1.29 is 34.0 Å². The van der Waals surface area contributed by atoms with E-state index in [0.717, 1.165) is 0 Å². The van der Waals surface area contributed by atoms with Crippen LogP contribution in [-0.2, 0) is 23.7 Å². The Kier molecular flexibility index (Phi) is 4.33. The maximum atomic E-state index is 11.1. The van der Waals surface area contributed by atoms with E-state index in [0.29, 0.717) is 0 Å². The number of carboxylic acids is 1. The molecule has 0 radical (unpaired) electrons. The zero-order chi connectivity index (χ0) is 15.1. The number of aliphatic hydroxyl groups is 1. The number of hydrogen-bond acceptors (Lipinski definition) is 7. The molecule has 2 heterocycles. The van der Waals surface area contributed by atoms with Gasteiger partial charge in [0.05, 0.1) is 0 Å². The smallest absolute Gasteiger partial charge is 0.323 e. The molecule has 0 bridgehead atoms. The summed E-state index contributed by atoms with van der Waals surface area (Å²) in [5.41, 5.74) is 0.